The summed E-state index contributed by atoms with van der Waals surface area (Å²) < 4.78 is 37.7. The topological polar surface area (TPSA) is 108 Å². The summed E-state index contributed by atoms with van der Waals surface area (Å²) in [6, 6.07) is 8.84. The first-order valence-corrected chi connectivity index (χ1v) is 9.32. The first-order chi connectivity index (χ1) is 14.8. The molecule has 0 aliphatic heterocycles. The van der Waals surface area contributed by atoms with Crippen LogP contribution in [0.5, 0.6) is 11.5 Å². The highest BCUT2D eigenvalue weighted by Crippen LogP contribution is 2.30. The molecule has 0 saturated carbocycles. The van der Waals surface area contributed by atoms with E-state index in [1.165, 1.54) is 31.5 Å². The number of H-pyrrole nitrogens is 1. The quantitative estimate of drug-likeness (QED) is 0.217. The van der Waals surface area contributed by atoms with Crippen molar-refractivity contribution in [2.24, 2.45) is 5.10 Å². The van der Waals surface area contributed by atoms with Crippen LogP contribution in [-0.4, -0.2) is 33.1 Å². The Morgan fingerprint density at radius 2 is 2.10 bits per heavy atom. The van der Waals surface area contributed by atoms with Crippen molar-refractivity contribution in [1.29, 1.82) is 0 Å². The summed E-state index contributed by atoms with van der Waals surface area (Å²) in [6.07, 6.45) is -1.52. The molecule has 9 nitrogen and oxygen atoms in total. The van der Waals surface area contributed by atoms with Crippen LogP contribution < -0.4 is 9.47 Å². The normalized spacial score (nSPS) is 11.3. The van der Waals surface area contributed by atoms with Crippen molar-refractivity contribution >= 4 is 35.7 Å². The number of non-ortho nitro benzene ring substituents is 1. The second-order valence-electron chi connectivity index (χ2n) is 5.98. The van der Waals surface area contributed by atoms with Crippen LogP contribution in [0.2, 0.25) is 5.02 Å². The number of nitrogens with one attached hydrogen (secondary N) is 1. The van der Waals surface area contributed by atoms with Gasteiger partial charge in [-0.15, -0.1) is 0 Å². The fourth-order valence-corrected chi connectivity index (χ4v) is 2.96. The molecule has 31 heavy (non-hydrogen) atoms. The maximum absolute atomic E-state index is 13.0. The zero-order valence-electron chi connectivity index (χ0n) is 15.8. The van der Waals surface area contributed by atoms with Crippen molar-refractivity contribution in [2.75, 3.05) is 7.11 Å². The highest BCUT2D eigenvalue weighted by molar-refractivity contribution is 7.71. The predicted octanol–water partition coefficient (Wildman–Crippen LogP) is 4.91. The first kappa shape index (κ1) is 22.3. The molecule has 0 aliphatic rings. The molecule has 1 N–H and O–H groups in total. The van der Waals surface area contributed by atoms with E-state index in [1.807, 2.05) is 0 Å². The van der Waals surface area contributed by atoms with Crippen molar-refractivity contribution in [3.63, 3.8) is 0 Å². The van der Waals surface area contributed by atoms with Gasteiger partial charge in [0, 0.05) is 17.7 Å². The average Bonchev–Trinajstić information content (AvgIpc) is 3.11. The van der Waals surface area contributed by atoms with Gasteiger partial charge in [-0.3, -0.25) is 10.1 Å². The summed E-state index contributed by atoms with van der Waals surface area (Å²) in [7, 11) is 1.48. The number of benzene rings is 2. The molecule has 0 aliphatic carbocycles. The van der Waals surface area contributed by atoms with Crippen molar-refractivity contribution in [3.05, 3.63) is 73.3 Å². The maximum Gasteiger partial charge on any atom is 0.299 e. The lowest BCUT2D eigenvalue weighted by Crippen LogP contribution is -2.02. The Balaban J connectivity index is 1.82. The number of hydrogen-bond acceptors (Lipinski definition) is 7. The molecule has 0 unspecified atom stereocenters. The molecule has 13 heteroatoms. The highest BCUT2D eigenvalue weighted by atomic mass is 35.5. The Labute approximate surface area is 184 Å². The minimum Gasteiger partial charge on any atom is -0.496 e. The van der Waals surface area contributed by atoms with Crippen molar-refractivity contribution in [1.82, 2.24) is 14.9 Å². The molecule has 0 radical (unpaired) electrons. The van der Waals surface area contributed by atoms with Crippen molar-refractivity contribution < 1.29 is 23.2 Å². The van der Waals surface area contributed by atoms with Gasteiger partial charge in [0.25, 0.3) is 12.1 Å². The molecule has 0 saturated heterocycles. The van der Waals surface area contributed by atoms with Gasteiger partial charge in [0.1, 0.15) is 18.1 Å². The Hall–Kier alpha value is -3.38. The molecule has 0 bridgehead atoms. The summed E-state index contributed by atoms with van der Waals surface area (Å²) >= 11 is 11.0. The van der Waals surface area contributed by atoms with Crippen LogP contribution in [0.25, 0.3) is 0 Å². The molecular weight excluding hydrogens is 456 g/mol. The number of hydrogen-bond donors (Lipinski definition) is 1. The third-order valence-corrected chi connectivity index (χ3v) is 4.57. The van der Waals surface area contributed by atoms with E-state index >= 15 is 0 Å². The second kappa shape index (κ2) is 9.62. The van der Waals surface area contributed by atoms with Gasteiger partial charge in [0.2, 0.25) is 10.6 Å². The molecule has 1 aromatic heterocycles. The van der Waals surface area contributed by atoms with Gasteiger partial charge in [-0.2, -0.15) is 14.9 Å². The van der Waals surface area contributed by atoms with Crippen LogP contribution in [0.1, 0.15) is 23.4 Å². The van der Waals surface area contributed by atoms with Gasteiger partial charge in [0.15, 0.2) is 0 Å². The predicted molar refractivity (Wildman–Crippen MR) is 111 cm³/mol. The minimum absolute atomic E-state index is 0.0236. The van der Waals surface area contributed by atoms with E-state index in [1.54, 1.807) is 18.2 Å². The van der Waals surface area contributed by atoms with Gasteiger partial charge in [-0.25, -0.2) is 13.9 Å². The summed E-state index contributed by atoms with van der Waals surface area (Å²) in [5, 5.41) is 20.6. The fourth-order valence-electron chi connectivity index (χ4n) is 2.55. The van der Waals surface area contributed by atoms with E-state index in [2.05, 4.69) is 15.3 Å². The van der Waals surface area contributed by atoms with E-state index in [0.29, 0.717) is 16.9 Å². The SMILES string of the molecule is COc1ccc(C=Nn2c(C(F)F)n[nH]c2=S)cc1COc1ccc([N+](=O)[O-])cc1Cl. The van der Waals surface area contributed by atoms with Crippen molar-refractivity contribution in [3.8, 4) is 11.5 Å². The minimum atomic E-state index is -2.85. The Morgan fingerprint density at radius 3 is 2.74 bits per heavy atom. The fraction of sp³-hybridized carbons (Fsp3) is 0.167. The zero-order chi connectivity index (χ0) is 22.5. The van der Waals surface area contributed by atoms with Crippen molar-refractivity contribution in [2.45, 2.75) is 13.0 Å². The molecule has 3 rings (SSSR count). The third kappa shape index (κ3) is 5.22. The third-order valence-electron chi connectivity index (χ3n) is 4.01. The summed E-state index contributed by atoms with van der Waals surface area (Å²) in [5.41, 5.74) is 0.998. The largest absolute Gasteiger partial charge is 0.496 e. The number of aromatic amines is 1. The van der Waals surface area contributed by atoms with Crippen LogP contribution in [0.15, 0.2) is 41.5 Å². The van der Waals surface area contributed by atoms with E-state index in [4.69, 9.17) is 33.3 Å². The molecule has 1 heterocycles. The van der Waals surface area contributed by atoms with Gasteiger partial charge < -0.3 is 9.47 Å². The lowest BCUT2D eigenvalue weighted by atomic mass is 10.1. The molecular formula is C18H14ClF2N5O4S. The van der Waals surface area contributed by atoms with Crippen LogP contribution in [-0.2, 0) is 6.61 Å². The molecule has 162 valence electrons. The van der Waals surface area contributed by atoms with E-state index in [0.717, 1.165) is 4.68 Å². The van der Waals surface area contributed by atoms with E-state index in [9.17, 15) is 18.9 Å². The van der Waals surface area contributed by atoms with E-state index in [-0.39, 0.29) is 27.8 Å². The number of nitrogens with zero attached hydrogens (tertiary/aromatic N) is 4. The standard InChI is InChI=1S/C18H14ClF2N5O4S/c1-29-14-4-2-10(8-22-25-17(16(20)21)23-24-18(25)31)6-11(14)9-30-15-5-3-12(26(27)28)7-13(15)19/h2-8,16H,9H2,1H3,(H,24,31). The number of alkyl halides is 2. The molecule has 3 aromatic rings. The summed E-state index contributed by atoms with van der Waals surface area (Å²) in [5.74, 6) is 0.147. The number of nitro groups is 1. The van der Waals surface area contributed by atoms with Gasteiger partial charge in [-0.05, 0) is 42.0 Å². The number of halogens is 3. The monoisotopic (exact) mass is 469 g/mol. The molecule has 0 fully saturated rings. The number of aromatic nitrogens is 3. The van der Waals surface area contributed by atoms with Crippen LogP contribution in [0.3, 0.4) is 0 Å². The van der Waals surface area contributed by atoms with E-state index < -0.39 is 17.2 Å². The number of rotatable bonds is 8. The second-order valence-corrected chi connectivity index (χ2v) is 6.77. The Kier molecular flexibility index (Phi) is 6.92. The average molecular weight is 470 g/mol. The lowest BCUT2D eigenvalue weighted by molar-refractivity contribution is -0.384. The molecule has 0 spiro atoms. The number of methoxy groups -OCH3 is 1. The van der Waals surface area contributed by atoms with Gasteiger partial charge >= 0.3 is 0 Å². The zero-order valence-corrected chi connectivity index (χ0v) is 17.4. The summed E-state index contributed by atoms with van der Waals surface area (Å²) in [6.45, 7) is 0.0236. The van der Waals surface area contributed by atoms with Crippen LogP contribution in [0.4, 0.5) is 14.5 Å². The summed E-state index contributed by atoms with van der Waals surface area (Å²) in [4.78, 5) is 10.3. The highest BCUT2D eigenvalue weighted by Gasteiger charge is 2.16. The molecule has 0 amide bonds. The Morgan fingerprint density at radius 1 is 1.35 bits per heavy atom. The number of ether oxygens (including phenoxy) is 2. The van der Waals surface area contributed by atoms with Gasteiger partial charge in [0.05, 0.1) is 23.3 Å². The lowest BCUT2D eigenvalue weighted by Gasteiger charge is -2.12. The van der Waals surface area contributed by atoms with Gasteiger partial charge in [-0.1, -0.05) is 11.6 Å². The number of nitro benzene ring substituents is 1. The smallest absolute Gasteiger partial charge is 0.299 e. The van der Waals surface area contributed by atoms with Crippen LogP contribution >= 0.6 is 23.8 Å². The van der Waals surface area contributed by atoms with Crippen LogP contribution in [0, 0.1) is 14.9 Å². The first-order valence-electron chi connectivity index (χ1n) is 8.53. The molecule has 2 aromatic carbocycles. The maximum atomic E-state index is 13.0. The molecule has 0 atom stereocenters. The Bertz CT molecular complexity index is 1200.